The summed E-state index contributed by atoms with van der Waals surface area (Å²) in [4.78, 5) is 4.29. The summed E-state index contributed by atoms with van der Waals surface area (Å²) in [5.41, 5.74) is 7.52. The predicted octanol–water partition coefficient (Wildman–Crippen LogP) is 4.08. The van der Waals surface area contributed by atoms with E-state index < -0.39 is 0 Å². The maximum atomic E-state index is 6.04. The van der Waals surface area contributed by atoms with Gasteiger partial charge in [-0.05, 0) is 53.6 Å². The van der Waals surface area contributed by atoms with Crippen LogP contribution >= 0.6 is 15.9 Å². The van der Waals surface area contributed by atoms with Crippen LogP contribution in [0.2, 0.25) is 0 Å². The first-order valence-corrected chi connectivity index (χ1v) is 7.48. The molecule has 3 nitrogen and oxygen atoms in total. The lowest BCUT2D eigenvalue weighted by Crippen LogP contribution is -2.25. The van der Waals surface area contributed by atoms with Gasteiger partial charge in [-0.15, -0.1) is 0 Å². The van der Waals surface area contributed by atoms with Crippen molar-refractivity contribution in [1.82, 2.24) is 4.98 Å². The summed E-state index contributed by atoms with van der Waals surface area (Å²) in [6, 6.07) is 0. The van der Waals surface area contributed by atoms with Gasteiger partial charge >= 0.3 is 0 Å². The van der Waals surface area contributed by atoms with Gasteiger partial charge in [-0.25, -0.2) is 4.98 Å². The Morgan fingerprint density at radius 2 is 2.28 bits per heavy atom. The molecule has 0 aromatic carbocycles. The van der Waals surface area contributed by atoms with Crippen LogP contribution in [0.3, 0.4) is 0 Å². The fourth-order valence-electron chi connectivity index (χ4n) is 2.53. The van der Waals surface area contributed by atoms with Crippen LogP contribution in [-0.2, 0) is 0 Å². The number of rotatable bonds is 3. The second kappa shape index (κ2) is 5.91. The molecular weight excluding hydrogens is 292 g/mol. The number of ether oxygens (including phenoxy) is 1. The molecule has 1 saturated carbocycles. The third-order valence-electron chi connectivity index (χ3n) is 3.86. The zero-order chi connectivity index (χ0) is 13.1. The molecule has 1 aliphatic rings. The van der Waals surface area contributed by atoms with Gasteiger partial charge in [-0.2, -0.15) is 0 Å². The van der Waals surface area contributed by atoms with Gasteiger partial charge in [-0.1, -0.05) is 19.8 Å². The summed E-state index contributed by atoms with van der Waals surface area (Å²) in [5, 5.41) is 0. The monoisotopic (exact) mass is 312 g/mol. The van der Waals surface area contributed by atoms with Crippen LogP contribution in [0.15, 0.2) is 10.7 Å². The van der Waals surface area contributed by atoms with Crippen molar-refractivity contribution in [3.63, 3.8) is 0 Å². The molecule has 2 rings (SSSR count). The molecule has 1 fully saturated rings. The minimum absolute atomic E-state index is 0.301. The van der Waals surface area contributed by atoms with Crippen LogP contribution in [0, 0.1) is 12.8 Å². The number of hydrogen-bond acceptors (Lipinski definition) is 3. The SMILES string of the molecule is CCC1CCCC(Oc2ncc(N)c(C)c2Br)C1. The van der Waals surface area contributed by atoms with Gasteiger partial charge in [0.05, 0.1) is 16.4 Å². The van der Waals surface area contributed by atoms with E-state index in [1.165, 1.54) is 19.3 Å². The standard InChI is InChI=1S/C14H21BrN2O/c1-3-10-5-4-6-11(7-10)18-14-13(15)9(2)12(16)8-17-14/h8,10-11H,3-7,16H2,1-2H3. The Morgan fingerprint density at radius 1 is 1.50 bits per heavy atom. The molecule has 0 spiro atoms. The minimum Gasteiger partial charge on any atom is -0.474 e. The number of nitrogens with two attached hydrogens (primary N) is 1. The Bertz CT molecular complexity index is 423. The van der Waals surface area contributed by atoms with Crippen molar-refractivity contribution >= 4 is 21.6 Å². The molecule has 0 bridgehead atoms. The molecule has 2 unspecified atom stereocenters. The van der Waals surface area contributed by atoms with Gasteiger partial charge in [0.25, 0.3) is 0 Å². The van der Waals surface area contributed by atoms with Crippen molar-refractivity contribution in [2.45, 2.75) is 52.1 Å². The summed E-state index contributed by atoms with van der Waals surface area (Å²) in [6.07, 6.45) is 8.10. The number of halogens is 1. The molecule has 0 radical (unpaired) electrons. The molecule has 0 saturated heterocycles. The molecule has 1 aliphatic carbocycles. The van der Waals surface area contributed by atoms with Gasteiger partial charge in [0.2, 0.25) is 5.88 Å². The lowest BCUT2D eigenvalue weighted by Gasteiger charge is -2.29. The lowest BCUT2D eigenvalue weighted by atomic mass is 9.85. The topological polar surface area (TPSA) is 48.1 Å². The van der Waals surface area contributed by atoms with Gasteiger partial charge in [-0.3, -0.25) is 0 Å². The molecule has 1 aromatic rings. The second-order valence-electron chi connectivity index (χ2n) is 5.14. The summed E-state index contributed by atoms with van der Waals surface area (Å²) in [5.74, 6) is 1.49. The summed E-state index contributed by atoms with van der Waals surface area (Å²) in [6.45, 7) is 4.23. The van der Waals surface area contributed by atoms with E-state index in [9.17, 15) is 0 Å². The third-order valence-corrected chi connectivity index (χ3v) is 4.80. The van der Waals surface area contributed by atoms with E-state index in [4.69, 9.17) is 10.5 Å². The van der Waals surface area contributed by atoms with Crippen LogP contribution in [-0.4, -0.2) is 11.1 Å². The smallest absolute Gasteiger partial charge is 0.228 e. The molecule has 100 valence electrons. The first kappa shape index (κ1) is 13.7. The van der Waals surface area contributed by atoms with Crippen molar-refractivity contribution in [2.24, 2.45) is 5.92 Å². The molecule has 2 atom stereocenters. The van der Waals surface area contributed by atoms with Gasteiger partial charge in [0.15, 0.2) is 0 Å². The molecule has 2 N–H and O–H groups in total. The van der Waals surface area contributed by atoms with Crippen LogP contribution < -0.4 is 10.5 Å². The zero-order valence-electron chi connectivity index (χ0n) is 11.1. The highest BCUT2D eigenvalue weighted by Gasteiger charge is 2.23. The zero-order valence-corrected chi connectivity index (χ0v) is 12.7. The lowest BCUT2D eigenvalue weighted by molar-refractivity contribution is 0.116. The average molecular weight is 313 g/mol. The Labute approximate surface area is 117 Å². The number of nitrogens with zero attached hydrogens (tertiary/aromatic N) is 1. The van der Waals surface area contributed by atoms with E-state index in [1.54, 1.807) is 6.20 Å². The summed E-state index contributed by atoms with van der Waals surface area (Å²) >= 11 is 3.52. The molecule has 18 heavy (non-hydrogen) atoms. The minimum atomic E-state index is 0.301. The highest BCUT2D eigenvalue weighted by Crippen LogP contribution is 2.34. The molecule has 4 heteroatoms. The van der Waals surface area contributed by atoms with Gasteiger partial charge in [0.1, 0.15) is 6.10 Å². The normalized spacial score (nSPS) is 23.9. The van der Waals surface area contributed by atoms with Crippen LogP contribution in [0.5, 0.6) is 5.88 Å². The molecule has 0 amide bonds. The average Bonchev–Trinajstić information content (AvgIpc) is 2.40. The van der Waals surface area contributed by atoms with E-state index in [0.29, 0.717) is 17.7 Å². The Morgan fingerprint density at radius 3 is 3.00 bits per heavy atom. The Balaban J connectivity index is 2.07. The number of hydrogen-bond donors (Lipinski definition) is 1. The van der Waals surface area contributed by atoms with Crippen LogP contribution in [0.1, 0.15) is 44.6 Å². The van der Waals surface area contributed by atoms with Crippen molar-refractivity contribution in [3.8, 4) is 5.88 Å². The number of anilines is 1. The fraction of sp³-hybridized carbons (Fsp3) is 0.643. The van der Waals surface area contributed by atoms with E-state index >= 15 is 0 Å². The fourth-order valence-corrected chi connectivity index (χ4v) is 2.95. The predicted molar refractivity (Wildman–Crippen MR) is 77.8 cm³/mol. The largest absolute Gasteiger partial charge is 0.474 e. The maximum absolute atomic E-state index is 6.04. The van der Waals surface area contributed by atoms with E-state index in [1.807, 2.05) is 6.92 Å². The highest BCUT2D eigenvalue weighted by molar-refractivity contribution is 9.10. The molecule has 0 aliphatic heterocycles. The molecule has 1 aromatic heterocycles. The number of nitrogen functional groups attached to an aromatic ring is 1. The highest BCUT2D eigenvalue weighted by atomic mass is 79.9. The Kier molecular flexibility index (Phi) is 4.49. The van der Waals surface area contributed by atoms with Gasteiger partial charge < -0.3 is 10.5 Å². The first-order valence-electron chi connectivity index (χ1n) is 6.69. The molecular formula is C14H21BrN2O. The molecule has 1 heterocycles. The van der Waals surface area contributed by atoms with E-state index in [-0.39, 0.29) is 0 Å². The first-order chi connectivity index (χ1) is 8.61. The van der Waals surface area contributed by atoms with Crippen molar-refractivity contribution in [1.29, 1.82) is 0 Å². The summed E-state index contributed by atoms with van der Waals surface area (Å²) < 4.78 is 6.93. The quantitative estimate of drug-likeness (QED) is 0.914. The van der Waals surface area contributed by atoms with Crippen LogP contribution in [0.25, 0.3) is 0 Å². The van der Waals surface area contributed by atoms with Crippen molar-refractivity contribution in [3.05, 3.63) is 16.2 Å². The number of aromatic nitrogens is 1. The third kappa shape index (κ3) is 2.97. The number of pyridine rings is 1. The van der Waals surface area contributed by atoms with Gasteiger partial charge in [0, 0.05) is 0 Å². The van der Waals surface area contributed by atoms with Crippen molar-refractivity contribution < 1.29 is 4.74 Å². The van der Waals surface area contributed by atoms with Crippen LogP contribution in [0.4, 0.5) is 5.69 Å². The van der Waals surface area contributed by atoms with E-state index in [0.717, 1.165) is 28.8 Å². The van der Waals surface area contributed by atoms with E-state index in [2.05, 4.69) is 27.8 Å². The maximum Gasteiger partial charge on any atom is 0.228 e. The van der Waals surface area contributed by atoms with Crippen molar-refractivity contribution in [2.75, 3.05) is 5.73 Å². The second-order valence-corrected chi connectivity index (χ2v) is 5.93. The summed E-state index contributed by atoms with van der Waals surface area (Å²) in [7, 11) is 0. The Hall–Kier alpha value is -0.770.